The van der Waals surface area contributed by atoms with Gasteiger partial charge in [-0.15, -0.1) is 0 Å². The third kappa shape index (κ3) is 4.19. The summed E-state index contributed by atoms with van der Waals surface area (Å²) >= 11 is 0. The van der Waals surface area contributed by atoms with Gasteiger partial charge in [0.05, 0.1) is 5.56 Å². The van der Waals surface area contributed by atoms with E-state index in [4.69, 9.17) is 4.74 Å². The fourth-order valence-electron chi connectivity index (χ4n) is 2.08. The standard InChI is InChI=1S/C18H19NO3/c1-14(20)16-10-6-7-11-17(16)22-13-18(21)19(2)12-15-8-4-3-5-9-15/h3-11H,12-13H2,1-2H3. The summed E-state index contributed by atoms with van der Waals surface area (Å²) < 4.78 is 5.51. The lowest BCUT2D eigenvalue weighted by molar-refractivity contribution is -0.132. The lowest BCUT2D eigenvalue weighted by Gasteiger charge is -2.18. The Morgan fingerprint density at radius 3 is 2.32 bits per heavy atom. The van der Waals surface area contributed by atoms with Crippen LogP contribution in [0.1, 0.15) is 22.8 Å². The van der Waals surface area contributed by atoms with Crippen molar-refractivity contribution in [1.29, 1.82) is 0 Å². The van der Waals surface area contributed by atoms with E-state index in [9.17, 15) is 9.59 Å². The van der Waals surface area contributed by atoms with Crippen LogP contribution in [0, 0.1) is 0 Å². The number of hydrogen-bond acceptors (Lipinski definition) is 3. The zero-order valence-corrected chi connectivity index (χ0v) is 12.8. The zero-order valence-electron chi connectivity index (χ0n) is 12.8. The number of Topliss-reactive ketones (excluding diaryl/α,β-unsaturated/α-hetero) is 1. The van der Waals surface area contributed by atoms with Crippen LogP contribution in [-0.2, 0) is 11.3 Å². The maximum Gasteiger partial charge on any atom is 0.260 e. The Morgan fingerprint density at radius 1 is 1.00 bits per heavy atom. The second kappa shape index (κ2) is 7.41. The number of para-hydroxylation sites is 1. The van der Waals surface area contributed by atoms with Gasteiger partial charge in [-0.05, 0) is 24.6 Å². The molecule has 0 aliphatic heterocycles. The van der Waals surface area contributed by atoms with Gasteiger partial charge in [-0.25, -0.2) is 0 Å². The van der Waals surface area contributed by atoms with Gasteiger partial charge in [0.2, 0.25) is 0 Å². The summed E-state index contributed by atoms with van der Waals surface area (Å²) in [5.41, 5.74) is 1.54. The smallest absolute Gasteiger partial charge is 0.260 e. The lowest BCUT2D eigenvalue weighted by atomic mass is 10.1. The number of nitrogens with zero attached hydrogens (tertiary/aromatic N) is 1. The molecule has 0 unspecified atom stereocenters. The van der Waals surface area contributed by atoms with Crippen molar-refractivity contribution in [2.75, 3.05) is 13.7 Å². The molecule has 0 aromatic heterocycles. The second-order valence-electron chi connectivity index (χ2n) is 5.08. The number of carbonyl (C=O) groups excluding carboxylic acids is 2. The van der Waals surface area contributed by atoms with E-state index in [1.54, 1.807) is 36.2 Å². The van der Waals surface area contributed by atoms with Crippen LogP contribution in [0.4, 0.5) is 0 Å². The van der Waals surface area contributed by atoms with Gasteiger partial charge in [-0.3, -0.25) is 9.59 Å². The van der Waals surface area contributed by atoms with Crippen LogP contribution in [0.15, 0.2) is 54.6 Å². The van der Waals surface area contributed by atoms with Crippen molar-refractivity contribution in [3.8, 4) is 5.75 Å². The van der Waals surface area contributed by atoms with E-state index in [1.807, 2.05) is 30.3 Å². The first-order chi connectivity index (χ1) is 10.6. The third-order valence-electron chi connectivity index (χ3n) is 3.31. The first kappa shape index (κ1) is 15.8. The molecule has 0 spiro atoms. The molecular weight excluding hydrogens is 278 g/mol. The van der Waals surface area contributed by atoms with Gasteiger partial charge in [0.25, 0.3) is 5.91 Å². The van der Waals surface area contributed by atoms with Crippen molar-refractivity contribution in [1.82, 2.24) is 4.90 Å². The van der Waals surface area contributed by atoms with E-state index in [1.165, 1.54) is 6.92 Å². The molecule has 0 aliphatic rings. The number of carbonyl (C=O) groups is 2. The van der Waals surface area contributed by atoms with Crippen LogP contribution < -0.4 is 4.74 Å². The number of benzene rings is 2. The normalized spacial score (nSPS) is 10.1. The summed E-state index contributed by atoms with van der Waals surface area (Å²) in [5, 5.41) is 0. The first-order valence-electron chi connectivity index (χ1n) is 7.08. The lowest BCUT2D eigenvalue weighted by Crippen LogP contribution is -2.31. The number of ether oxygens (including phenoxy) is 1. The summed E-state index contributed by atoms with van der Waals surface area (Å²) in [4.78, 5) is 25.2. The summed E-state index contributed by atoms with van der Waals surface area (Å²) in [5.74, 6) is 0.222. The fourth-order valence-corrected chi connectivity index (χ4v) is 2.08. The molecule has 22 heavy (non-hydrogen) atoms. The fraction of sp³-hybridized carbons (Fsp3) is 0.222. The topological polar surface area (TPSA) is 46.6 Å². The number of likely N-dealkylation sites (N-methyl/N-ethyl adjacent to an activating group) is 1. The van der Waals surface area contributed by atoms with Crippen LogP contribution >= 0.6 is 0 Å². The Kier molecular flexibility index (Phi) is 5.31. The summed E-state index contributed by atoms with van der Waals surface area (Å²) in [7, 11) is 1.73. The van der Waals surface area contributed by atoms with E-state index >= 15 is 0 Å². The Balaban J connectivity index is 1.94. The maximum atomic E-state index is 12.1. The SMILES string of the molecule is CC(=O)c1ccccc1OCC(=O)N(C)Cc1ccccc1. The van der Waals surface area contributed by atoms with Crippen molar-refractivity contribution in [2.24, 2.45) is 0 Å². The Morgan fingerprint density at radius 2 is 1.64 bits per heavy atom. The van der Waals surface area contributed by atoms with Crippen LogP contribution in [0.5, 0.6) is 5.75 Å². The highest BCUT2D eigenvalue weighted by Crippen LogP contribution is 2.18. The Labute approximate surface area is 130 Å². The van der Waals surface area contributed by atoms with Crippen LogP contribution in [0.3, 0.4) is 0 Å². The van der Waals surface area contributed by atoms with Gasteiger partial charge in [0.15, 0.2) is 12.4 Å². The molecule has 0 N–H and O–H groups in total. The first-order valence-corrected chi connectivity index (χ1v) is 7.08. The van der Waals surface area contributed by atoms with Crippen molar-refractivity contribution in [3.05, 3.63) is 65.7 Å². The van der Waals surface area contributed by atoms with E-state index in [2.05, 4.69) is 0 Å². The molecule has 1 amide bonds. The number of hydrogen-bond donors (Lipinski definition) is 0. The molecule has 0 atom stereocenters. The molecule has 0 bridgehead atoms. The highest BCUT2D eigenvalue weighted by Gasteiger charge is 2.13. The highest BCUT2D eigenvalue weighted by molar-refractivity contribution is 5.96. The average Bonchev–Trinajstić information content (AvgIpc) is 2.53. The molecule has 0 fully saturated rings. The Hall–Kier alpha value is -2.62. The van der Waals surface area contributed by atoms with Crippen LogP contribution in [0.2, 0.25) is 0 Å². The summed E-state index contributed by atoms with van der Waals surface area (Å²) in [6, 6.07) is 16.7. The van der Waals surface area contributed by atoms with Gasteiger partial charge in [0.1, 0.15) is 5.75 Å². The summed E-state index contributed by atoms with van der Waals surface area (Å²) in [6.07, 6.45) is 0. The number of amides is 1. The van der Waals surface area contributed by atoms with E-state index < -0.39 is 0 Å². The van der Waals surface area contributed by atoms with Crippen molar-refractivity contribution >= 4 is 11.7 Å². The van der Waals surface area contributed by atoms with Crippen molar-refractivity contribution in [3.63, 3.8) is 0 Å². The van der Waals surface area contributed by atoms with E-state index in [0.29, 0.717) is 17.9 Å². The predicted molar refractivity (Wildman–Crippen MR) is 84.9 cm³/mol. The maximum absolute atomic E-state index is 12.1. The van der Waals surface area contributed by atoms with E-state index in [0.717, 1.165) is 5.56 Å². The predicted octanol–water partition coefficient (Wildman–Crippen LogP) is 2.93. The van der Waals surface area contributed by atoms with Gasteiger partial charge in [-0.1, -0.05) is 42.5 Å². The van der Waals surface area contributed by atoms with Gasteiger partial charge >= 0.3 is 0 Å². The Bertz CT molecular complexity index is 652. The molecule has 0 heterocycles. The monoisotopic (exact) mass is 297 g/mol. The molecule has 4 heteroatoms. The summed E-state index contributed by atoms with van der Waals surface area (Å²) in [6.45, 7) is 1.91. The highest BCUT2D eigenvalue weighted by atomic mass is 16.5. The van der Waals surface area contributed by atoms with Gasteiger partial charge in [-0.2, -0.15) is 0 Å². The minimum Gasteiger partial charge on any atom is -0.483 e. The molecule has 0 aliphatic carbocycles. The van der Waals surface area contributed by atoms with Gasteiger partial charge < -0.3 is 9.64 Å². The second-order valence-corrected chi connectivity index (χ2v) is 5.08. The van der Waals surface area contributed by atoms with Crippen LogP contribution in [0.25, 0.3) is 0 Å². The molecular formula is C18H19NO3. The molecule has 0 radical (unpaired) electrons. The van der Waals surface area contributed by atoms with Crippen molar-refractivity contribution in [2.45, 2.75) is 13.5 Å². The number of ketones is 1. The molecule has 4 nitrogen and oxygen atoms in total. The molecule has 2 aromatic rings. The van der Waals surface area contributed by atoms with Crippen molar-refractivity contribution < 1.29 is 14.3 Å². The average molecular weight is 297 g/mol. The molecule has 114 valence electrons. The molecule has 2 aromatic carbocycles. The minimum atomic E-state index is -0.137. The van der Waals surface area contributed by atoms with Crippen LogP contribution in [-0.4, -0.2) is 30.2 Å². The zero-order chi connectivity index (χ0) is 15.9. The quantitative estimate of drug-likeness (QED) is 0.770. The molecule has 0 saturated heterocycles. The number of rotatable bonds is 6. The minimum absolute atomic E-state index is 0.0827. The molecule has 0 saturated carbocycles. The van der Waals surface area contributed by atoms with E-state index in [-0.39, 0.29) is 18.3 Å². The molecule has 2 rings (SSSR count). The third-order valence-corrected chi connectivity index (χ3v) is 3.31. The largest absolute Gasteiger partial charge is 0.483 e. The van der Waals surface area contributed by atoms with Gasteiger partial charge in [0, 0.05) is 13.6 Å².